The van der Waals surface area contributed by atoms with Crippen LogP contribution < -0.4 is 4.90 Å². The van der Waals surface area contributed by atoms with E-state index in [4.69, 9.17) is 8.83 Å². The Kier molecular flexibility index (Phi) is 3.70. The summed E-state index contributed by atoms with van der Waals surface area (Å²) in [6, 6.07) is 13.1. The maximum absolute atomic E-state index is 9.26. The third kappa shape index (κ3) is 2.95. The molecule has 3 rings (SSSR count). The SMILES string of the molecule is N#Cc1cccnc1N(Cc1ccco1)Cc1ccco1. The van der Waals surface area contributed by atoms with Gasteiger partial charge in [-0.3, -0.25) is 0 Å². The van der Waals surface area contributed by atoms with Gasteiger partial charge in [-0.15, -0.1) is 0 Å². The van der Waals surface area contributed by atoms with Gasteiger partial charge in [-0.2, -0.15) is 5.26 Å². The molecule has 0 aromatic carbocycles. The largest absolute Gasteiger partial charge is 0.467 e. The molecule has 0 saturated carbocycles. The Morgan fingerprint density at radius 1 is 1.00 bits per heavy atom. The zero-order valence-corrected chi connectivity index (χ0v) is 11.3. The van der Waals surface area contributed by atoms with Crippen LogP contribution >= 0.6 is 0 Å². The number of hydrogen-bond acceptors (Lipinski definition) is 5. The van der Waals surface area contributed by atoms with Crippen LogP contribution in [0.15, 0.2) is 64.0 Å². The highest BCUT2D eigenvalue weighted by Crippen LogP contribution is 2.21. The summed E-state index contributed by atoms with van der Waals surface area (Å²) >= 11 is 0. The van der Waals surface area contributed by atoms with E-state index in [1.807, 2.05) is 29.2 Å². The van der Waals surface area contributed by atoms with Crippen molar-refractivity contribution in [3.8, 4) is 6.07 Å². The highest BCUT2D eigenvalue weighted by Gasteiger charge is 2.16. The van der Waals surface area contributed by atoms with Crippen molar-refractivity contribution in [3.05, 3.63) is 72.2 Å². The molecule has 104 valence electrons. The second kappa shape index (κ2) is 5.97. The van der Waals surface area contributed by atoms with Crippen molar-refractivity contribution in [2.45, 2.75) is 13.1 Å². The van der Waals surface area contributed by atoms with Crippen LogP contribution in [-0.4, -0.2) is 4.98 Å². The van der Waals surface area contributed by atoms with Crippen molar-refractivity contribution in [2.24, 2.45) is 0 Å². The molecular weight excluding hydrogens is 266 g/mol. The number of rotatable bonds is 5. The monoisotopic (exact) mass is 279 g/mol. The predicted molar refractivity (Wildman–Crippen MR) is 76.3 cm³/mol. The smallest absolute Gasteiger partial charge is 0.147 e. The van der Waals surface area contributed by atoms with Crippen molar-refractivity contribution in [2.75, 3.05) is 4.90 Å². The summed E-state index contributed by atoms with van der Waals surface area (Å²) in [4.78, 5) is 6.29. The molecule has 0 unspecified atom stereocenters. The molecule has 21 heavy (non-hydrogen) atoms. The normalized spacial score (nSPS) is 10.2. The lowest BCUT2D eigenvalue weighted by Gasteiger charge is -2.22. The third-order valence-corrected chi connectivity index (χ3v) is 3.06. The zero-order chi connectivity index (χ0) is 14.5. The molecule has 3 heterocycles. The summed E-state index contributed by atoms with van der Waals surface area (Å²) in [6.07, 6.45) is 4.93. The van der Waals surface area contributed by atoms with Crippen molar-refractivity contribution in [3.63, 3.8) is 0 Å². The molecule has 0 fully saturated rings. The fourth-order valence-electron chi connectivity index (χ4n) is 2.12. The number of aromatic nitrogens is 1. The summed E-state index contributed by atoms with van der Waals surface area (Å²) < 4.78 is 10.8. The van der Waals surface area contributed by atoms with E-state index in [-0.39, 0.29) is 0 Å². The second-order valence-electron chi connectivity index (χ2n) is 4.50. The first-order valence-corrected chi connectivity index (χ1v) is 6.51. The van der Waals surface area contributed by atoms with E-state index in [0.29, 0.717) is 24.5 Å². The molecule has 0 atom stereocenters. The average Bonchev–Trinajstić information content (AvgIpc) is 3.20. The zero-order valence-electron chi connectivity index (χ0n) is 11.3. The van der Waals surface area contributed by atoms with Gasteiger partial charge in [0.1, 0.15) is 23.4 Å². The number of hydrogen-bond donors (Lipinski definition) is 0. The van der Waals surface area contributed by atoms with Crippen LogP contribution in [-0.2, 0) is 13.1 Å². The molecule has 3 aromatic rings. The number of nitrogens with zero attached hydrogens (tertiary/aromatic N) is 3. The topological polar surface area (TPSA) is 66.2 Å². The van der Waals surface area contributed by atoms with Gasteiger partial charge in [0.15, 0.2) is 0 Å². The molecule has 0 N–H and O–H groups in total. The van der Waals surface area contributed by atoms with Gasteiger partial charge in [0, 0.05) is 6.20 Å². The lowest BCUT2D eigenvalue weighted by molar-refractivity contribution is 0.475. The molecule has 0 aliphatic carbocycles. The minimum Gasteiger partial charge on any atom is -0.467 e. The van der Waals surface area contributed by atoms with E-state index in [2.05, 4.69) is 11.1 Å². The Labute approximate surface area is 122 Å². The van der Waals surface area contributed by atoms with Crippen molar-refractivity contribution < 1.29 is 8.83 Å². The van der Waals surface area contributed by atoms with Gasteiger partial charge in [0.2, 0.25) is 0 Å². The molecule has 0 aliphatic rings. The number of furan rings is 2. The van der Waals surface area contributed by atoms with Crippen molar-refractivity contribution >= 4 is 5.82 Å². The number of anilines is 1. The van der Waals surface area contributed by atoms with Crippen LogP contribution in [0, 0.1) is 11.3 Å². The number of pyridine rings is 1. The Balaban J connectivity index is 1.93. The molecule has 0 bridgehead atoms. The van der Waals surface area contributed by atoms with Gasteiger partial charge < -0.3 is 13.7 Å². The fourth-order valence-corrected chi connectivity index (χ4v) is 2.12. The Hall–Kier alpha value is -3.00. The van der Waals surface area contributed by atoms with Gasteiger partial charge in [-0.05, 0) is 36.4 Å². The lowest BCUT2D eigenvalue weighted by Crippen LogP contribution is -2.23. The molecule has 5 nitrogen and oxygen atoms in total. The highest BCUT2D eigenvalue weighted by molar-refractivity contribution is 5.53. The standard InChI is InChI=1S/C16H13N3O2/c17-10-13-4-1-7-18-16(13)19(11-14-5-2-8-20-14)12-15-6-3-9-21-15/h1-9H,11-12H2. The third-order valence-electron chi connectivity index (χ3n) is 3.06. The van der Waals surface area contributed by atoms with Crippen LogP contribution in [0.3, 0.4) is 0 Å². The molecular formula is C16H13N3O2. The van der Waals surface area contributed by atoms with Crippen LogP contribution in [0.4, 0.5) is 5.82 Å². The first kappa shape index (κ1) is 13.0. The Bertz CT molecular complexity index is 691. The van der Waals surface area contributed by atoms with Crippen LogP contribution in [0.1, 0.15) is 17.1 Å². The molecule has 0 aliphatic heterocycles. The summed E-state index contributed by atoms with van der Waals surface area (Å²) in [5.41, 5.74) is 0.524. The minimum absolute atomic E-state index is 0.513. The van der Waals surface area contributed by atoms with Crippen molar-refractivity contribution in [1.29, 1.82) is 5.26 Å². The van der Waals surface area contributed by atoms with Gasteiger partial charge in [-0.25, -0.2) is 4.98 Å². The van der Waals surface area contributed by atoms with Crippen LogP contribution in [0.2, 0.25) is 0 Å². The maximum atomic E-state index is 9.26. The van der Waals surface area contributed by atoms with Gasteiger partial charge in [-0.1, -0.05) is 0 Å². The molecule has 0 amide bonds. The number of nitriles is 1. The Morgan fingerprint density at radius 3 is 2.19 bits per heavy atom. The lowest BCUT2D eigenvalue weighted by atomic mass is 10.2. The molecule has 5 heteroatoms. The van der Waals surface area contributed by atoms with E-state index in [1.165, 1.54) is 0 Å². The molecule has 0 spiro atoms. The Morgan fingerprint density at radius 2 is 1.67 bits per heavy atom. The van der Waals surface area contributed by atoms with E-state index in [9.17, 15) is 5.26 Å². The average molecular weight is 279 g/mol. The van der Waals surface area contributed by atoms with Gasteiger partial charge in [0.25, 0.3) is 0 Å². The summed E-state index contributed by atoms with van der Waals surface area (Å²) in [6.45, 7) is 1.03. The van der Waals surface area contributed by atoms with Gasteiger partial charge in [0.05, 0.1) is 31.2 Å². The quantitative estimate of drug-likeness (QED) is 0.716. The molecule has 0 saturated heterocycles. The first-order valence-electron chi connectivity index (χ1n) is 6.51. The second-order valence-corrected chi connectivity index (χ2v) is 4.50. The van der Waals surface area contributed by atoms with Crippen molar-refractivity contribution in [1.82, 2.24) is 4.98 Å². The van der Waals surface area contributed by atoms with E-state index >= 15 is 0 Å². The summed E-state index contributed by atoms with van der Waals surface area (Å²) in [5, 5.41) is 9.26. The fraction of sp³-hybridized carbons (Fsp3) is 0.125. The van der Waals surface area contributed by atoms with E-state index < -0.39 is 0 Å². The van der Waals surface area contributed by atoms with E-state index in [0.717, 1.165) is 11.5 Å². The van der Waals surface area contributed by atoms with Crippen LogP contribution in [0.5, 0.6) is 0 Å². The summed E-state index contributed by atoms with van der Waals surface area (Å²) in [7, 11) is 0. The maximum Gasteiger partial charge on any atom is 0.147 e. The molecule has 0 radical (unpaired) electrons. The molecule has 3 aromatic heterocycles. The van der Waals surface area contributed by atoms with E-state index in [1.54, 1.807) is 30.9 Å². The summed E-state index contributed by atoms with van der Waals surface area (Å²) in [5.74, 6) is 2.22. The van der Waals surface area contributed by atoms with Crippen LogP contribution in [0.25, 0.3) is 0 Å². The van der Waals surface area contributed by atoms with Gasteiger partial charge >= 0.3 is 0 Å². The first-order chi connectivity index (χ1) is 10.4. The predicted octanol–water partition coefficient (Wildman–Crippen LogP) is 3.35. The highest BCUT2D eigenvalue weighted by atomic mass is 16.3. The minimum atomic E-state index is 0.513.